The second kappa shape index (κ2) is 31.1. The zero-order chi connectivity index (χ0) is 73.3. The van der Waals surface area contributed by atoms with Gasteiger partial charge in [0.15, 0.2) is 0 Å². The van der Waals surface area contributed by atoms with Crippen molar-refractivity contribution >= 4 is 0 Å². The third kappa shape index (κ3) is 25.2. The van der Waals surface area contributed by atoms with Crippen LogP contribution in [-0.2, 0) is 16.2 Å². The van der Waals surface area contributed by atoms with Gasteiger partial charge in [0, 0.05) is 17.8 Å². The predicted octanol–water partition coefficient (Wildman–Crippen LogP) is 25.6. The summed E-state index contributed by atoms with van der Waals surface area (Å²) >= 11 is 0. The zero-order valence-electron chi connectivity index (χ0n) is 65.5. The largest absolute Gasteiger partial charge is 0.488 e. The van der Waals surface area contributed by atoms with E-state index in [0.717, 1.165) is 34.5 Å². The van der Waals surface area contributed by atoms with Gasteiger partial charge in [-0.25, -0.2) is 0 Å². The van der Waals surface area contributed by atoms with Crippen molar-refractivity contribution in [1.29, 1.82) is 0 Å². The molecule has 0 amide bonds. The SMILES string of the molecule is CC(C)(C)Oc1ccc(C(c2ccc(C(C)(C)C)cc2)c2ccc(C(C)(C)C)cc2)cc1.CC(C)(C)Oc1ccc(C(c2ccc(OC(C)(C)C)cc2)c2ccc(C(C)(C)C)cc2)cc1.CC(C)(C)Oc1ccc(C(c2ccc(OC(C)(C)C)cc2)c2ccc(OC(C)(C)C)cc2)cc1. The highest BCUT2D eigenvalue weighted by molar-refractivity contribution is 5.51. The van der Waals surface area contributed by atoms with Crippen molar-refractivity contribution in [1.82, 2.24) is 0 Å². The van der Waals surface area contributed by atoms with Crippen molar-refractivity contribution in [3.8, 4) is 34.5 Å². The second-order valence-electron chi connectivity index (χ2n) is 35.6. The van der Waals surface area contributed by atoms with Gasteiger partial charge in [-0.2, -0.15) is 0 Å². The lowest BCUT2D eigenvalue weighted by molar-refractivity contribution is 0.130. The molecule has 0 aliphatic carbocycles. The van der Waals surface area contributed by atoms with Gasteiger partial charge in [-0.05, 0) is 280 Å². The first-order chi connectivity index (χ1) is 45.6. The number of benzene rings is 9. The van der Waals surface area contributed by atoms with Crippen LogP contribution in [0.2, 0.25) is 0 Å². The van der Waals surface area contributed by atoms with Crippen molar-refractivity contribution in [2.75, 3.05) is 0 Å². The van der Waals surface area contributed by atoms with Crippen LogP contribution >= 0.6 is 0 Å². The summed E-state index contributed by atoms with van der Waals surface area (Å²) in [4.78, 5) is 0. The van der Waals surface area contributed by atoms with Gasteiger partial charge in [-0.3, -0.25) is 0 Å². The molecule has 0 N–H and O–H groups in total. The van der Waals surface area contributed by atoms with Gasteiger partial charge >= 0.3 is 0 Å². The highest BCUT2D eigenvalue weighted by Crippen LogP contribution is 2.40. The van der Waals surface area contributed by atoms with Crippen LogP contribution in [0.4, 0.5) is 0 Å². The molecule has 99 heavy (non-hydrogen) atoms. The number of hydrogen-bond donors (Lipinski definition) is 0. The monoisotopic (exact) mass is 1330 g/mol. The Kier molecular flexibility index (Phi) is 24.6. The molecule has 9 aromatic rings. The minimum atomic E-state index is -0.229. The average molecular weight is 1330 g/mol. The summed E-state index contributed by atoms with van der Waals surface area (Å²) in [5, 5.41) is 0. The number of ether oxygens (including phenoxy) is 6. The summed E-state index contributed by atoms with van der Waals surface area (Å²) in [6.45, 7) is 57.6. The van der Waals surface area contributed by atoms with E-state index < -0.39 is 0 Å². The minimum absolute atomic E-state index is 0.0797. The van der Waals surface area contributed by atoms with E-state index in [2.05, 4.69) is 405 Å². The first kappa shape index (κ1) is 78.1. The summed E-state index contributed by atoms with van der Waals surface area (Å²) in [6, 6.07) is 78.3. The molecule has 9 rings (SSSR count). The van der Waals surface area contributed by atoms with Gasteiger partial charge in [-0.15, -0.1) is 0 Å². The number of rotatable bonds is 15. The third-order valence-electron chi connectivity index (χ3n) is 16.2. The summed E-state index contributed by atoms with van der Waals surface area (Å²) < 4.78 is 36.3. The van der Waals surface area contributed by atoms with E-state index in [-0.39, 0.29) is 67.6 Å². The molecule has 6 heteroatoms. The fourth-order valence-electron chi connectivity index (χ4n) is 11.7. The van der Waals surface area contributed by atoms with Gasteiger partial charge in [0.05, 0.1) is 0 Å². The molecule has 0 atom stereocenters. The third-order valence-corrected chi connectivity index (χ3v) is 16.2. The Balaban J connectivity index is 0.000000209. The molecular formula is C93H120O6. The molecule has 0 spiro atoms. The molecule has 0 aliphatic heterocycles. The Morgan fingerprint density at radius 3 is 0.343 bits per heavy atom. The molecule has 0 saturated heterocycles. The lowest BCUT2D eigenvalue weighted by Crippen LogP contribution is -2.23. The van der Waals surface area contributed by atoms with E-state index in [4.69, 9.17) is 28.4 Å². The molecular weight excluding hydrogens is 1210 g/mol. The lowest BCUT2D eigenvalue weighted by atomic mass is 9.80. The van der Waals surface area contributed by atoms with Crippen molar-refractivity contribution in [3.63, 3.8) is 0 Å². The van der Waals surface area contributed by atoms with Gasteiger partial charge in [0.1, 0.15) is 68.1 Å². The Bertz CT molecular complexity index is 3650. The Morgan fingerprint density at radius 1 is 0.152 bits per heavy atom. The molecule has 0 aliphatic rings. The quantitative estimate of drug-likeness (QED) is 0.0954. The van der Waals surface area contributed by atoms with E-state index in [1.54, 1.807) is 0 Å². The highest BCUT2D eigenvalue weighted by atomic mass is 16.5. The molecule has 9 aromatic carbocycles. The van der Waals surface area contributed by atoms with Crippen LogP contribution < -0.4 is 28.4 Å². The average Bonchev–Trinajstić information content (AvgIpc) is 0.807. The van der Waals surface area contributed by atoms with Gasteiger partial charge in [-0.1, -0.05) is 208 Å². The first-order valence-corrected chi connectivity index (χ1v) is 35.7. The van der Waals surface area contributed by atoms with Crippen LogP contribution in [0.1, 0.15) is 271 Å². The summed E-state index contributed by atoms with van der Waals surface area (Å²) in [5.74, 6) is 5.70. The number of hydrogen-bond acceptors (Lipinski definition) is 6. The Hall–Kier alpha value is -8.22. The van der Waals surface area contributed by atoms with Crippen molar-refractivity contribution in [2.24, 2.45) is 0 Å². The molecule has 528 valence electrons. The maximum Gasteiger partial charge on any atom is 0.120 e. The molecule has 0 heterocycles. The van der Waals surface area contributed by atoms with Crippen LogP contribution in [-0.4, -0.2) is 33.6 Å². The lowest BCUT2D eigenvalue weighted by Gasteiger charge is -2.25. The standard InChI is InChI=1S/C31H40O3.C31H40O2.C31H40O/c1-29(2,3)32-25-16-10-22(11-17-25)28(23-12-18-26(19-13-23)33-30(4,5)6)24-14-20-27(21-15-24)34-31(7,8)9;1-29(2,3)25-16-10-22(11-17-25)28(23-12-18-26(19-13-23)32-30(4,5)6)24-14-20-27(21-15-24)33-31(7,8)9;1-29(2,3)25-16-10-22(11-17-25)28(23-12-18-26(19-13-23)30(4,5)6)24-14-20-27(21-15-24)32-31(7,8)9/h10-21,28H,1-9H3;10-21,28H,1-9H3;10-21,28H,1-9H3. The molecule has 0 radical (unpaired) electrons. The fraction of sp³-hybridized carbons (Fsp3) is 0.419. The van der Waals surface area contributed by atoms with Crippen molar-refractivity contribution < 1.29 is 28.4 Å². The van der Waals surface area contributed by atoms with Crippen molar-refractivity contribution in [3.05, 3.63) is 285 Å². The maximum absolute atomic E-state index is 6.05. The van der Waals surface area contributed by atoms with Gasteiger partial charge in [0.2, 0.25) is 0 Å². The summed E-state index contributed by atoms with van der Waals surface area (Å²) in [5.41, 5.74) is 14.4. The van der Waals surface area contributed by atoms with Crippen LogP contribution in [0.5, 0.6) is 34.5 Å². The molecule has 0 bridgehead atoms. The Morgan fingerprint density at radius 2 is 0.253 bits per heavy atom. The Labute approximate surface area is 599 Å². The van der Waals surface area contributed by atoms with Crippen LogP contribution in [0.25, 0.3) is 0 Å². The molecule has 0 aromatic heterocycles. The van der Waals surface area contributed by atoms with Gasteiger partial charge < -0.3 is 28.4 Å². The summed E-state index contributed by atoms with van der Waals surface area (Å²) in [7, 11) is 0. The molecule has 6 nitrogen and oxygen atoms in total. The summed E-state index contributed by atoms with van der Waals surface area (Å²) in [6.07, 6.45) is 0. The highest BCUT2D eigenvalue weighted by Gasteiger charge is 2.26. The normalized spacial score (nSPS) is 12.7. The van der Waals surface area contributed by atoms with Crippen LogP contribution in [0, 0.1) is 0 Å². The molecule has 0 saturated carbocycles. The van der Waals surface area contributed by atoms with E-state index in [9.17, 15) is 0 Å². The first-order valence-electron chi connectivity index (χ1n) is 35.7. The molecule has 0 fully saturated rings. The van der Waals surface area contributed by atoms with E-state index in [1.165, 1.54) is 66.8 Å². The van der Waals surface area contributed by atoms with E-state index in [0.29, 0.717) is 0 Å². The predicted molar refractivity (Wildman–Crippen MR) is 419 cm³/mol. The fourth-order valence-corrected chi connectivity index (χ4v) is 11.7. The van der Waals surface area contributed by atoms with E-state index >= 15 is 0 Å². The maximum atomic E-state index is 6.05. The van der Waals surface area contributed by atoms with Crippen LogP contribution in [0.15, 0.2) is 218 Å². The van der Waals surface area contributed by atoms with Crippen molar-refractivity contribution in [2.45, 2.75) is 255 Å². The zero-order valence-corrected chi connectivity index (χ0v) is 65.5. The van der Waals surface area contributed by atoms with E-state index in [1.807, 2.05) is 0 Å². The topological polar surface area (TPSA) is 55.4 Å². The molecule has 0 unspecified atom stereocenters. The van der Waals surface area contributed by atoms with Gasteiger partial charge in [0.25, 0.3) is 0 Å². The van der Waals surface area contributed by atoms with Crippen LogP contribution in [0.3, 0.4) is 0 Å². The smallest absolute Gasteiger partial charge is 0.120 e. The second-order valence-corrected chi connectivity index (χ2v) is 35.6. The minimum Gasteiger partial charge on any atom is -0.488 e.